The van der Waals surface area contributed by atoms with E-state index in [9.17, 15) is 9.18 Å². The molecular weight excluding hydrogens is 243 g/mol. The minimum absolute atomic E-state index is 0.0317. The van der Waals surface area contributed by atoms with E-state index >= 15 is 0 Å². The second-order valence-electron chi connectivity index (χ2n) is 3.46. The summed E-state index contributed by atoms with van der Waals surface area (Å²) in [7, 11) is 0. The Morgan fingerprint density at radius 1 is 1.29 bits per heavy atom. The third kappa shape index (κ3) is 2.85. The van der Waals surface area contributed by atoms with Crippen LogP contribution in [0.15, 0.2) is 36.9 Å². The van der Waals surface area contributed by atoms with Crippen LogP contribution in [0.2, 0.25) is 5.02 Å². The summed E-state index contributed by atoms with van der Waals surface area (Å²) < 4.78 is 13.0. The molecule has 5 heteroatoms. The first-order chi connectivity index (χ1) is 8.16. The van der Waals surface area contributed by atoms with Crippen LogP contribution in [0, 0.1) is 5.82 Å². The number of rotatable bonds is 3. The summed E-state index contributed by atoms with van der Waals surface area (Å²) >= 11 is 5.88. The standard InChI is InChI=1S/C12H8ClFN2O/c13-11-2-1-10(14)3-8(11)4-12(17)9-5-15-7-16-6-9/h1-3,5-7H,4H2. The van der Waals surface area contributed by atoms with Crippen molar-refractivity contribution >= 4 is 17.4 Å². The highest BCUT2D eigenvalue weighted by Crippen LogP contribution is 2.18. The Bertz CT molecular complexity index is 545. The average molecular weight is 251 g/mol. The van der Waals surface area contributed by atoms with Crippen molar-refractivity contribution in [3.05, 3.63) is 58.9 Å². The fraction of sp³-hybridized carbons (Fsp3) is 0.0833. The summed E-state index contributed by atoms with van der Waals surface area (Å²) in [5.74, 6) is -0.611. The monoisotopic (exact) mass is 250 g/mol. The normalized spacial score (nSPS) is 10.2. The smallest absolute Gasteiger partial charge is 0.170 e. The molecule has 0 fully saturated rings. The third-order valence-electron chi connectivity index (χ3n) is 2.24. The van der Waals surface area contributed by atoms with Gasteiger partial charge in [-0.1, -0.05) is 11.6 Å². The van der Waals surface area contributed by atoms with Gasteiger partial charge < -0.3 is 0 Å². The van der Waals surface area contributed by atoms with Gasteiger partial charge in [0.05, 0.1) is 5.56 Å². The van der Waals surface area contributed by atoms with Gasteiger partial charge in [-0.3, -0.25) is 4.79 Å². The maximum absolute atomic E-state index is 13.0. The first kappa shape index (κ1) is 11.7. The molecular formula is C12H8ClFN2O. The number of benzene rings is 1. The molecule has 1 aromatic heterocycles. The molecule has 0 atom stereocenters. The van der Waals surface area contributed by atoms with Crippen LogP contribution < -0.4 is 0 Å². The van der Waals surface area contributed by atoms with Crippen LogP contribution in [0.4, 0.5) is 4.39 Å². The number of carbonyl (C=O) groups excluding carboxylic acids is 1. The molecule has 0 bridgehead atoms. The van der Waals surface area contributed by atoms with Crippen LogP contribution in [0.5, 0.6) is 0 Å². The van der Waals surface area contributed by atoms with E-state index in [0.29, 0.717) is 16.1 Å². The molecule has 0 N–H and O–H groups in total. The SMILES string of the molecule is O=C(Cc1cc(F)ccc1Cl)c1cncnc1. The van der Waals surface area contributed by atoms with Crippen LogP contribution in [0.1, 0.15) is 15.9 Å². The van der Waals surface area contributed by atoms with Crippen molar-refractivity contribution in [2.24, 2.45) is 0 Å². The van der Waals surface area contributed by atoms with Gasteiger partial charge in [-0.25, -0.2) is 14.4 Å². The van der Waals surface area contributed by atoms with E-state index < -0.39 is 5.82 Å². The van der Waals surface area contributed by atoms with Crippen molar-refractivity contribution in [1.29, 1.82) is 0 Å². The Morgan fingerprint density at radius 2 is 2.00 bits per heavy atom. The fourth-order valence-electron chi connectivity index (χ4n) is 1.40. The molecule has 0 aliphatic heterocycles. The zero-order chi connectivity index (χ0) is 12.3. The van der Waals surface area contributed by atoms with Gasteiger partial charge >= 0.3 is 0 Å². The summed E-state index contributed by atoms with van der Waals surface area (Å²) in [4.78, 5) is 19.3. The molecule has 17 heavy (non-hydrogen) atoms. The number of halogens is 2. The minimum Gasteiger partial charge on any atom is -0.294 e. The second kappa shape index (κ2) is 5.01. The Kier molecular flexibility index (Phi) is 3.44. The van der Waals surface area contributed by atoms with Gasteiger partial charge in [-0.15, -0.1) is 0 Å². The summed E-state index contributed by atoms with van der Waals surface area (Å²) in [6.07, 6.45) is 4.21. The van der Waals surface area contributed by atoms with Crippen LogP contribution in [0.25, 0.3) is 0 Å². The maximum atomic E-state index is 13.0. The fourth-order valence-corrected chi connectivity index (χ4v) is 1.58. The Hall–Kier alpha value is -1.81. The number of hydrogen-bond acceptors (Lipinski definition) is 3. The van der Waals surface area contributed by atoms with Crippen molar-refractivity contribution in [3.8, 4) is 0 Å². The molecule has 0 unspecified atom stereocenters. The molecule has 1 heterocycles. The number of hydrogen-bond donors (Lipinski definition) is 0. The van der Waals surface area contributed by atoms with Gasteiger partial charge in [-0.05, 0) is 23.8 Å². The lowest BCUT2D eigenvalue weighted by Gasteiger charge is -2.03. The van der Waals surface area contributed by atoms with Gasteiger partial charge in [0.2, 0.25) is 0 Å². The molecule has 0 radical (unpaired) electrons. The van der Waals surface area contributed by atoms with Gasteiger partial charge in [0.1, 0.15) is 12.1 Å². The highest BCUT2D eigenvalue weighted by atomic mass is 35.5. The highest BCUT2D eigenvalue weighted by Gasteiger charge is 2.10. The number of aromatic nitrogens is 2. The topological polar surface area (TPSA) is 42.9 Å². The lowest BCUT2D eigenvalue weighted by Crippen LogP contribution is -2.05. The molecule has 0 aliphatic rings. The lowest BCUT2D eigenvalue weighted by atomic mass is 10.1. The molecule has 2 aromatic rings. The molecule has 2 rings (SSSR count). The lowest BCUT2D eigenvalue weighted by molar-refractivity contribution is 0.0992. The highest BCUT2D eigenvalue weighted by molar-refractivity contribution is 6.31. The van der Waals surface area contributed by atoms with Crippen molar-refractivity contribution in [2.75, 3.05) is 0 Å². The summed E-state index contributed by atoms with van der Waals surface area (Å²) in [6.45, 7) is 0. The van der Waals surface area contributed by atoms with Crippen molar-refractivity contribution in [1.82, 2.24) is 9.97 Å². The molecule has 0 aliphatic carbocycles. The van der Waals surface area contributed by atoms with Crippen molar-refractivity contribution in [3.63, 3.8) is 0 Å². The predicted octanol–water partition coefficient (Wildman–Crippen LogP) is 2.69. The maximum Gasteiger partial charge on any atom is 0.170 e. The number of ketones is 1. The zero-order valence-corrected chi connectivity index (χ0v) is 9.49. The van der Waals surface area contributed by atoms with Crippen LogP contribution in [0.3, 0.4) is 0 Å². The van der Waals surface area contributed by atoms with Crippen LogP contribution in [-0.2, 0) is 6.42 Å². The Labute approximate surface area is 102 Å². The third-order valence-corrected chi connectivity index (χ3v) is 2.61. The van der Waals surface area contributed by atoms with Crippen LogP contribution in [-0.4, -0.2) is 15.8 Å². The first-order valence-electron chi connectivity index (χ1n) is 4.89. The van der Waals surface area contributed by atoms with Crippen molar-refractivity contribution < 1.29 is 9.18 Å². The Balaban J connectivity index is 2.22. The second-order valence-corrected chi connectivity index (χ2v) is 3.87. The quantitative estimate of drug-likeness (QED) is 0.787. The Morgan fingerprint density at radius 3 is 2.71 bits per heavy atom. The van der Waals surface area contributed by atoms with Gasteiger partial charge in [0.25, 0.3) is 0 Å². The minimum atomic E-state index is -0.415. The van der Waals surface area contributed by atoms with E-state index in [4.69, 9.17) is 11.6 Å². The van der Waals surface area contributed by atoms with Gasteiger partial charge in [0.15, 0.2) is 5.78 Å². The van der Waals surface area contributed by atoms with E-state index in [-0.39, 0.29) is 12.2 Å². The van der Waals surface area contributed by atoms with E-state index in [2.05, 4.69) is 9.97 Å². The molecule has 0 saturated carbocycles. The number of Topliss-reactive ketones (excluding diaryl/α,β-unsaturated/α-hetero) is 1. The van der Waals surface area contributed by atoms with Gasteiger partial charge in [0, 0.05) is 23.8 Å². The van der Waals surface area contributed by atoms with Crippen LogP contribution >= 0.6 is 11.6 Å². The predicted molar refractivity (Wildman–Crippen MR) is 61.5 cm³/mol. The van der Waals surface area contributed by atoms with Crippen molar-refractivity contribution in [2.45, 2.75) is 6.42 Å². The molecule has 0 saturated heterocycles. The summed E-state index contributed by atoms with van der Waals surface area (Å²) in [6, 6.07) is 3.94. The largest absolute Gasteiger partial charge is 0.294 e. The summed E-state index contributed by atoms with van der Waals surface area (Å²) in [5, 5.41) is 0.372. The number of nitrogens with zero attached hydrogens (tertiary/aromatic N) is 2. The van der Waals surface area contributed by atoms with E-state index in [1.807, 2.05) is 0 Å². The molecule has 0 amide bonds. The first-order valence-corrected chi connectivity index (χ1v) is 5.27. The summed E-state index contributed by atoms with van der Waals surface area (Å²) in [5.41, 5.74) is 0.841. The van der Waals surface area contributed by atoms with E-state index in [1.54, 1.807) is 0 Å². The molecule has 0 spiro atoms. The molecule has 3 nitrogen and oxygen atoms in total. The van der Waals surface area contributed by atoms with E-state index in [1.165, 1.54) is 36.9 Å². The zero-order valence-electron chi connectivity index (χ0n) is 8.73. The van der Waals surface area contributed by atoms with E-state index in [0.717, 1.165) is 0 Å². The molecule has 86 valence electrons. The average Bonchev–Trinajstić information content (AvgIpc) is 2.35. The number of carbonyl (C=O) groups is 1. The molecule has 1 aromatic carbocycles. The van der Waals surface area contributed by atoms with Gasteiger partial charge in [-0.2, -0.15) is 0 Å².